The Bertz CT molecular complexity index is 675. The average Bonchev–Trinajstić information content (AvgIpc) is 2.70. The van der Waals surface area contributed by atoms with Crippen molar-refractivity contribution in [2.75, 3.05) is 12.3 Å². The lowest BCUT2D eigenvalue weighted by Crippen LogP contribution is -2.32. The zero-order chi connectivity index (χ0) is 14.3. The summed E-state index contributed by atoms with van der Waals surface area (Å²) in [6, 6.07) is 0. The average molecular weight is 290 g/mol. The van der Waals surface area contributed by atoms with E-state index in [4.69, 9.17) is 5.73 Å². The van der Waals surface area contributed by atoms with Crippen LogP contribution in [-0.2, 0) is 0 Å². The summed E-state index contributed by atoms with van der Waals surface area (Å²) in [5.74, 6) is 0.549. The van der Waals surface area contributed by atoms with Gasteiger partial charge < -0.3 is 11.1 Å². The number of carbonyl (C=O) groups excluding carboxylic acids is 1. The van der Waals surface area contributed by atoms with Gasteiger partial charge in [0.2, 0.25) is 0 Å². The Labute approximate surface area is 121 Å². The van der Waals surface area contributed by atoms with Gasteiger partial charge in [0.1, 0.15) is 9.71 Å². The number of carbonyl (C=O) groups is 1. The highest BCUT2D eigenvalue weighted by Gasteiger charge is 2.22. The van der Waals surface area contributed by atoms with E-state index < -0.39 is 0 Å². The molecule has 0 radical (unpaired) electrons. The van der Waals surface area contributed by atoms with Crippen LogP contribution in [0.1, 0.15) is 40.2 Å². The fourth-order valence-electron chi connectivity index (χ4n) is 2.42. The van der Waals surface area contributed by atoms with E-state index in [0.29, 0.717) is 16.5 Å². The topological polar surface area (TPSA) is 80.9 Å². The van der Waals surface area contributed by atoms with Crippen molar-refractivity contribution in [2.45, 2.75) is 33.1 Å². The molecule has 3 N–H and O–H groups in total. The van der Waals surface area contributed by atoms with Crippen molar-refractivity contribution in [3.8, 4) is 0 Å². The predicted molar refractivity (Wildman–Crippen MR) is 81.0 cm³/mol. The molecule has 0 unspecified atom stereocenters. The molecule has 5 nitrogen and oxygen atoms in total. The lowest BCUT2D eigenvalue weighted by atomic mass is 9.85. The minimum absolute atomic E-state index is 0.0885. The van der Waals surface area contributed by atoms with Crippen molar-refractivity contribution in [3.05, 3.63) is 16.1 Å². The third-order valence-electron chi connectivity index (χ3n) is 4.12. The zero-order valence-electron chi connectivity index (χ0n) is 11.7. The summed E-state index contributed by atoms with van der Waals surface area (Å²) in [6.07, 6.45) is 3.71. The first-order valence-electron chi connectivity index (χ1n) is 6.88. The van der Waals surface area contributed by atoms with Gasteiger partial charge in [-0.15, -0.1) is 16.4 Å². The van der Waals surface area contributed by atoms with Gasteiger partial charge in [-0.25, -0.2) is 0 Å². The number of rotatable bonds is 3. The summed E-state index contributed by atoms with van der Waals surface area (Å²) in [5.41, 5.74) is 8.53. The Morgan fingerprint density at radius 1 is 1.40 bits per heavy atom. The molecule has 1 fully saturated rings. The Morgan fingerprint density at radius 3 is 2.80 bits per heavy atom. The van der Waals surface area contributed by atoms with Crippen molar-refractivity contribution >= 4 is 33.1 Å². The highest BCUT2D eigenvalue weighted by atomic mass is 32.1. The summed E-state index contributed by atoms with van der Waals surface area (Å²) in [4.78, 5) is 13.5. The van der Waals surface area contributed by atoms with E-state index in [2.05, 4.69) is 15.5 Å². The number of thiophene rings is 1. The van der Waals surface area contributed by atoms with E-state index in [-0.39, 0.29) is 5.91 Å². The number of nitrogens with two attached hydrogens (primary N) is 1. The monoisotopic (exact) mass is 290 g/mol. The second-order valence-corrected chi connectivity index (χ2v) is 6.44. The second kappa shape index (κ2) is 5.01. The minimum atomic E-state index is -0.0885. The van der Waals surface area contributed by atoms with E-state index in [0.717, 1.165) is 28.0 Å². The number of aromatic nitrogens is 2. The molecule has 2 aromatic heterocycles. The molecule has 2 aromatic rings. The van der Waals surface area contributed by atoms with Gasteiger partial charge in [-0.05, 0) is 38.2 Å². The number of nitrogen functional groups attached to an aromatic ring is 1. The third kappa shape index (κ3) is 2.14. The van der Waals surface area contributed by atoms with Crippen molar-refractivity contribution in [3.63, 3.8) is 0 Å². The molecule has 0 bridgehead atoms. The predicted octanol–water partition coefficient (Wildman–Crippen LogP) is 2.42. The molecular formula is C14H18N4OS. The normalized spacial score (nSPS) is 15.3. The molecule has 3 rings (SSSR count). The summed E-state index contributed by atoms with van der Waals surface area (Å²) in [5, 5.41) is 12.1. The van der Waals surface area contributed by atoms with Crippen LogP contribution in [0.4, 0.5) is 5.69 Å². The molecule has 0 spiro atoms. The number of hydrogen-bond acceptors (Lipinski definition) is 5. The standard InChI is InChI=1S/C14H18N4OS/c1-7-8(2)17-18-14-10(7)11(15)12(20-14)13(19)16-6-9-4-3-5-9/h9H,3-6,15H2,1-2H3,(H,16,19). The van der Waals surface area contributed by atoms with Gasteiger partial charge in [-0.3, -0.25) is 4.79 Å². The van der Waals surface area contributed by atoms with Gasteiger partial charge in [0, 0.05) is 11.9 Å². The Balaban J connectivity index is 1.89. The van der Waals surface area contributed by atoms with Gasteiger partial charge >= 0.3 is 0 Å². The zero-order valence-corrected chi connectivity index (χ0v) is 12.5. The number of hydrogen-bond donors (Lipinski definition) is 2. The molecule has 1 saturated carbocycles. The van der Waals surface area contributed by atoms with E-state index in [1.54, 1.807) is 0 Å². The Morgan fingerprint density at radius 2 is 2.15 bits per heavy atom. The highest BCUT2D eigenvalue weighted by molar-refractivity contribution is 7.21. The third-order valence-corrected chi connectivity index (χ3v) is 5.21. The van der Waals surface area contributed by atoms with Crippen molar-refractivity contribution in [1.82, 2.24) is 15.5 Å². The van der Waals surface area contributed by atoms with Crippen LogP contribution in [0.3, 0.4) is 0 Å². The van der Waals surface area contributed by atoms with E-state index in [1.807, 2.05) is 13.8 Å². The quantitative estimate of drug-likeness (QED) is 0.909. The molecule has 1 aliphatic rings. The van der Waals surface area contributed by atoms with Crippen LogP contribution in [0.15, 0.2) is 0 Å². The summed E-state index contributed by atoms with van der Waals surface area (Å²) < 4.78 is 0. The van der Waals surface area contributed by atoms with E-state index in [9.17, 15) is 4.79 Å². The maximum Gasteiger partial charge on any atom is 0.263 e. The maximum absolute atomic E-state index is 12.2. The maximum atomic E-state index is 12.2. The number of nitrogens with one attached hydrogen (secondary N) is 1. The Kier molecular flexibility index (Phi) is 3.33. The van der Waals surface area contributed by atoms with Crippen LogP contribution in [-0.4, -0.2) is 22.6 Å². The first-order chi connectivity index (χ1) is 9.58. The molecule has 0 atom stereocenters. The molecule has 6 heteroatoms. The highest BCUT2D eigenvalue weighted by Crippen LogP contribution is 2.35. The van der Waals surface area contributed by atoms with Crippen molar-refractivity contribution in [1.29, 1.82) is 0 Å². The largest absolute Gasteiger partial charge is 0.397 e. The number of nitrogens with zero attached hydrogens (tertiary/aromatic N) is 2. The van der Waals surface area contributed by atoms with Crippen LogP contribution in [0.5, 0.6) is 0 Å². The fraction of sp³-hybridized carbons (Fsp3) is 0.500. The van der Waals surface area contributed by atoms with Gasteiger partial charge in [0.25, 0.3) is 5.91 Å². The molecule has 0 saturated heterocycles. The van der Waals surface area contributed by atoms with Gasteiger partial charge in [-0.1, -0.05) is 6.42 Å². The van der Waals surface area contributed by atoms with Gasteiger partial charge in [0.15, 0.2) is 0 Å². The molecule has 20 heavy (non-hydrogen) atoms. The number of anilines is 1. The van der Waals surface area contributed by atoms with Crippen LogP contribution >= 0.6 is 11.3 Å². The summed E-state index contributed by atoms with van der Waals surface area (Å²) in [7, 11) is 0. The molecule has 2 heterocycles. The lowest BCUT2D eigenvalue weighted by Gasteiger charge is -2.25. The first-order valence-corrected chi connectivity index (χ1v) is 7.69. The number of aryl methyl sites for hydroxylation is 2. The molecular weight excluding hydrogens is 272 g/mol. The SMILES string of the molecule is Cc1nnc2sc(C(=O)NCC3CCC3)c(N)c2c1C. The van der Waals surface area contributed by atoms with Crippen LogP contribution in [0, 0.1) is 19.8 Å². The molecule has 106 valence electrons. The van der Waals surface area contributed by atoms with Crippen LogP contribution < -0.4 is 11.1 Å². The van der Waals surface area contributed by atoms with Crippen molar-refractivity contribution in [2.24, 2.45) is 5.92 Å². The fourth-order valence-corrected chi connectivity index (χ4v) is 3.44. The molecule has 0 aromatic carbocycles. The van der Waals surface area contributed by atoms with Gasteiger partial charge in [0.05, 0.1) is 11.4 Å². The molecule has 1 aliphatic carbocycles. The van der Waals surface area contributed by atoms with E-state index >= 15 is 0 Å². The van der Waals surface area contributed by atoms with E-state index in [1.165, 1.54) is 30.6 Å². The molecule has 1 amide bonds. The van der Waals surface area contributed by atoms with Gasteiger partial charge in [-0.2, -0.15) is 5.10 Å². The first kappa shape index (κ1) is 13.3. The smallest absolute Gasteiger partial charge is 0.263 e. The summed E-state index contributed by atoms with van der Waals surface area (Å²) >= 11 is 1.32. The lowest BCUT2D eigenvalue weighted by molar-refractivity contribution is 0.0944. The van der Waals surface area contributed by atoms with Crippen molar-refractivity contribution < 1.29 is 4.79 Å². The summed E-state index contributed by atoms with van der Waals surface area (Å²) in [6.45, 7) is 4.61. The Hall–Kier alpha value is -1.69. The van der Waals surface area contributed by atoms with Crippen LogP contribution in [0.25, 0.3) is 10.2 Å². The minimum Gasteiger partial charge on any atom is -0.397 e. The molecule has 0 aliphatic heterocycles. The van der Waals surface area contributed by atoms with Crippen LogP contribution in [0.2, 0.25) is 0 Å². The second-order valence-electron chi connectivity index (χ2n) is 5.44. The number of amides is 1. The number of fused-ring (bicyclic) bond motifs is 1.